The maximum absolute atomic E-state index is 12.0. The lowest BCUT2D eigenvalue weighted by molar-refractivity contribution is 0.549. The first-order valence-corrected chi connectivity index (χ1v) is 8.35. The molecule has 0 aliphatic heterocycles. The predicted octanol–water partition coefficient (Wildman–Crippen LogP) is 2.68. The van der Waals surface area contributed by atoms with Gasteiger partial charge in [-0.05, 0) is 32.4 Å². The maximum atomic E-state index is 12.0. The number of para-hydroxylation sites is 2. The second-order valence-electron chi connectivity index (χ2n) is 5.42. The molecule has 2 heterocycles. The van der Waals surface area contributed by atoms with Crippen molar-refractivity contribution >= 4 is 22.8 Å². The fourth-order valence-corrected chi connectivity index (χ4v) is 3.37. The minimum Gasteiger partial charge on any atom is -0.306 e. The Labute approximate surface area is 132 Å². The normalized spacial score (nSPS) is 11.6. The van der Waals surface area contributed by atoms with Gasteiger partial charge in [0.05, 0.1) is 11.0 Å². The average Bonchev–Trinajstić information content (AvgIpc) is 3.08. The van der Waals surface area contributed by atoms with Crippen LogP contribution in [0.2, 0.25) is 0 Å². The molecule has 0 radical (unpaired) electrons. The van der Waals surface area contributed by atoms with E-state index in [-0.39, 0.29) is 5.69 Å². The van der Waals surface area contributed by atoms with Crippen molar-refractivity contribution in [2.24, 2.45) is 0 Å². The number of nitrogens with zero attached hydrogens (tertiary/aromatic N) is 4. The summed E-state index contributed by atoms with van der Waals surface area (Å²) in [5, 5.41) is 9.03. The average molecular weight is 317 g/mol. The fourth-order valence-electron chi connectivity index (χ4n) is 2.40. The largest absolute Gasteiger partial charge is 0.326 e. The summed E-state index contributed by atoms with van der Waals surface area (Å²) in [5.41, 5.74) is 1.80. The Hall–Kier alpha value is -2.02. The molecular weight excluding hydrogens is 298 g/mol. The summed E-state index contributed by atoms with van der Waals surface area (Å²) in [4.78, 5) is 14.9. The Morgan fingerprint density at radius 2 is 2.14 bits per heavy atom. The van der Waals surface area contributed by atoms with Gasteiger partial charge in [-0.15, -0.1) is 10.2 Å². The van der Waals surface area contributed by atoms with Crippen LogP contribution in [-0.2, 0) is 6.54 Å². The second-order valence-corrected chi connectivity index (χ2v) is 6.48. The molecule has 0 saturated carbocycles. The van der Waals surface area contributed by atoms with Crippen molar-refractivity contribution in [3.8, 4) is 0 Å². The molecule has 1 aromatic carbocycles. The highest BCUT2D eigenvalue weighted by Crippen LogP contribution is 2.20. The van der Waals surface area contributed by atoms with E-state index in [0.717, 1.165) is 28.4 Å². The van der Waals surface area contributed by atoms with Crippen molar-refractivity contribution in [3.05, 3.63) is 41.1 Å². The van der Waals surface area contributed by atoms with Crippen molar-refractivity contribution < 1.29 is 0 Å². The Morgan fingerprint density at radius 1 is 1.32 bits per heavy atom. The number of benzene rings is 1. The van der Waals surface area contributed by atoms with E-state index >= 15 is 0 Å². The van der Waals surface area contributed by atoms with Crippen LogP contribution < -0.4 is 5.69 Å². The molecule has 0 saturated heterocycles. The van der Waals surface area contributed by atoms with Gasteiger partial charge in [0.25, 0.3) is 0 Å². The van der Waals surface area contributed by atoms with E-state index in [4.69, 9.17) is 0 Å². The van der Waals surface area contributed by atoms with Gasteiger partial charge in [0.2, 0.25) is 0 Å². The Morgan fingerprint density at radius 3 is 2.95 bits per heavy atom. The third-order valence-electron chi connectivity index (χ3n) is 3.54. The molecule has 3 aromatic rings. The van der Waals surface area contributed by atoms with Crippen LogP contribution in [0.15, 0.2) is 40.5 Å². The number of fused-ring (bicyclic) bond motifs is 1. The lowest BCUT2D eigenvalue weighted by Crippen LogP contribution is -2.17. The summed E-state index contributed by atoms with van der Waals surface area (Å²) in [5.74, 6) is 0.900. The summed E-state index contributed by atoms with van der Waals surface area (Å²) in [6.45, 7) is 4.92. The molecule has 0 bridgehead atoms. The number of aromatic amines is 1. The van der Waals surface area contributed by atoms with Crippen molar-refractivity contribution in [2.45, 2.75) is 38.0 Å². The molecule has 116 valence electrons. The molecule has 7 heteroatoms. The highest BCUT2D eigenvalue weighted by Gasteiger charge is 2.09. The lowest BCUT2D eigenvalue weighted by Gasteiger charge is -2.09. The summed E-state index contributed by atoms with van der Waals surface area (Å²) in [6.07, 6.45) is 2.66. The van der Waals surface area contributed by atoms with Crippen molar-refractivity contribution in [2.75, 3.05) is 5.75 Å². The van der Waals surface area contributed by atoms with Gasteiger partial charge in [0, 0.05) is 18.3 Å². The molecule has 0 amide bonds. The second kappa shape index (κ2) is 6.39. The SMILES string of the molecule is CC(C)n1cnnc1SCCCn1c(=O)[nH]c2ccccc21. The smallest absolute Gasteiger partial charge is 0.306 e. The number of aryl methyl sites for hydroxylation is 1. The number of hydrogen-bond donors (Lipinski definition) is 1. The van der Waals surface area contributed by atoms with Crippen LogP contribution in [-0.4, -0.2) is 30.1 Å². The van der Waals surface area contributed by atoms with Crippen molar-refractivity contribution in [3.63, 3.8) is 0 Å². The number of aromatic nitrogens is 5. The molecule has 1 N–H and O–H groups in total. The van der Waals surface area contributed by atoms with Gasteiger partial charge in [-0.1, -0.05) is 23.9 Å². The highest BCUT2D eigenvalue weighted by atomic mass is 32.2. The molecule has 0 spiro atoms. The standard InChI is InChI=1S/C15H19N5OS/c1-11(2)20-10-16-18-15(20)22-9-5-8-19-13-7-4-3-6-12(13)17-14(19)21/h3-4,6-7,10-11H,5,8-9H2,1-2H3,(H,17,21). The number of hydrogen-bond acceptors (Lipinski definition) is 4. The van der Waals surface area contributed by atoms with E-state index in [0.29, 0.717) is 12.6 Å². The Bertz CT molecular complexity index is 817. The van der Waals surface area contributed by atoms with E-state index in [1.165, 1.54) is 0 Å². The van der Waals surface area contributed by atoms with Gasteiger partial charge in [-0.25, -0.2) is 4.79 Å². The van der Waals surface area contributed by atoms with Gasteiger partial charge in [-0.3, -0.25) is 4.57 Å². The van der Waals surface area contributed by atoms with E-state index in [1.54, 1.807) is 22.7 Å². The summed E-state index contributed by atoms with van der Waals surface area (Å²) < 4.78 is 3.85. The molecule has 6 nitrogen and oxygen atoms in total. The van der Waals surface area contributed by atoms with E-state index in [9.17, 15) is 4.79 Å². The van der Waals surface area contributed by atoms with Gasteiger partial charge >= 0.3 is 5.69 Å². The minimum absolute atomic E-state index is 0.0449. The zero-order chi connectivity index (χ0) is 15.5. The fraction of sp³-hybridized carbons (Fsp3) is 0.400. The van der Waals surface area contributed by atoms with E-state index < -0.39 is 0 Å². The zero-order valence-corrected chi connectivity index (χ0v) is 13.5. The first-order valence-electron chi connectivity index (χ1n) is 7.36. The van der Waals surface area contributed by atoms with Crippen LogP contribution in [0.3, 0.4) is 0 Å². The number of nitrogens with one attached hydrogen (secondary N) is 1. The van der Waals surface area contributed by atoms with Crippen molar-refractivity contribution in [1.82, 2.24) is 24.3 Å². The zero-order valence-electron chi connectivity index (χ0n) is 12.7. The molecule has 22 heavy (non-hydrogen) atoms. The van der Waals surface area contributed by atoms with Crippen molar-refractivity contribution in [1.29, 1.82) is 0 Å². The molecule has 0 fully saturated rings. The first kappa shape index (κ1) is 14.9. The topological polar surface area (TPSA) is 68.5 Å². The first-order chi connectivity index (χ1) is 10.7. The van der Waals surface area contributed by atoms with E-state index in [1.807, 2.05) is 24.3 Å². The number of thioether (sulfide) groups is 1. The van der Waals surface area contributed by atoms with E-state index in [2.05, 4.69) is 33.6 Å². The lowest BCUT2D eigenvalue weighted by atomic mass is 10.3. The monoisotopic (exact) mass is 317 g/mol. The number of rotatable bonds is 6. The number of imidazole rings is 1. The third-order valence-corrected chi connectivity index (χ3v) is 4.58. The van der Waals surface area contributed by atoms with Crippen LogP contribution in [0.5, 0.6) is 0 Å². The highest BCUT2D eigenvalue weighted by molar-refractivity contribution is 7.99. The van der Waals surface area contributed by atoms with Gasteiger partial charge < -0.3 is 9.55 Å². The van der Waals surface area contributed by atoms with Crippen LogP contribution >= 0.6 is 11.8 Å². The summed E-state index contributed by atoms with van der Waals surface area (Å²) in [6, 6.07) is 8.13. The van der Waals surface area contributed by atoms with Crippen LogP contribution in [0.1, 0.15) is 26.3 Å². The molecule has 0 aliphatic rings. The van der Waals surface area contributed by atoms with Gasteiger partial charge in [-0.2, -0.15) is 0 Å². The summed E-state index contributed by atoms with van der Waals surface area (Å²) in [7, 11) is 0. The predicted molar refractivity (Wildman–Crippen MR) is 88.3 cm³/mol. The molecule has 0 aliphatic carbocycles. The third kappa shape index (κ3) is 2.94. The Kier molecular flexibility index (Phi) is 4.33. The van der Waals surface area contributed by atoms with Crippen LogP contribution in [0.25, 0.3) is 11.0 Å². The van der Waals surface area contributed by atoms with Crippen LogP contribution in [0, 0.1) is 0 Å². The quantitative estimate of drug-likeness (QED) is 0.560. The summed E-state index contributed by atoms with van der Waals surface area (Å²) >= 11 is 1.68. The van der Waals surface area contributed by atoms with Gasteiger partial charge in [0.1, 0.15) is 6.33 Å². The maximum Gasteiger partial charge on any atom is 0.326 e. The Balaban J connectivity index is 1.62. The molecular formula is C15H19N5OS. The molecule has 3 rings (SSSR count). The molecule has 0 atom stereocenters. The molecule has 2 aromatic heterocycles. The molecule has 0 unspecified atom stereocenters. The van der Waals surface area contributed by atoms with Crippen LogP contribution in [0.4, 0.5) is 0 Å². The minimum atomic E-state index is -0.0449. The number of H-pyrrole nitrogens is 1. The van der Waals surface area contributed by atoms with Gasteiger partial charge in [0.15, 0.2) is 5.16 Å².